The largest absolute Gasteiger partial charge is 0.326 e. The molecule has 90 valence electrons. The van der Waals surface area contributed by atoms with E-state index < -0.39 is 0 Å². The van der Waals surface area contributed by atoms with Crippen LogP contribution in [0.15, 0.2) is 29.3 Å². The molecule has 1 atom stereocenters. The Balaban J connectivity index is 2.35. The lowest BCUT2D eigenvalue weighted by Crippen LogP contribution is -2.23. The molecule has 2 aromatic rings. The van der Waals surface area contributed by atoms with Gasteiger partial charge in [-0.2, -0.15) is 0 Å². The molecule has 0 aliphatic rings. The van der Waals surface area contributed by atoms with Crippen LogP contribution in [0.1, 0.15) is 13.3 Å². The summed E-state index contributed by atoms with van der Waals surface area (Å²) in [5, 5.41) is 2.77. The second kappa shape index (κ2) is 4.75. The normalized spacial score (nSPS) is 12.6. The van der Waals surface area contributed by atoms with Crippen LogP contribution in [0.2, 0.25) is 0 Å². The first-order valence-electron chi connectivity index (χ1n) is 5.27. The second-order valence-electron chi connectivity index (χ2n) is 3.63. The van der Waals surface area contributed by atoms with Crippen LogP contribution < -0.4 is 10.9 Å². The van der Waals surface area contributed by atoms with Crippen LogP contribution in [0.25, 0.3) is 5.52 Å². The molecule has 0 bridgehead atoms. The summed E-state index contributed by atoms with van der Waals surface area (Å²) in [5.41, 5.74) is 0.323. The molecule has 2 aromatic heterocycles. The summed E-state index contributed by atoms with van der Waals surface area (Å²) < 4.78 is 1.64. The third-order valence-electron chi connectivity index (χ3n) is 2.48. The van der Waals surface area contributed by atoms with Crippen molar-refractivity contribution in [1.29, 1.82) is 0 Å². The van der Waals surface area contributed by atoms with Crippen LogP contribution in [0.5, 0.6) is 0 Å². The van der Waals surface area contributed by atoms with Crippen LogP contribution in [0.3, 0.4) is 0 Å². The number of carbonyl (C=O) groups is 1. The van der Waals surface area contributed by atoms with Gasteiger partial charge >= 0.3 is 0 Å². The quantitative estimate of drug-likeness (QED) is 0.848. The molecule has 17 heavy (non-hydrogen) atoms. The number of alkyl halides is 1. The van der Waals surface area contributed by atoms with E-state index in [2.05, 4.69) is 26.2 Å². The van der Waals surface area contributed by atoms with Gasteiger partial charge in [0.05, 0.1) is 4.83 Å². The van der Waals surface area contributed by atoms with Gasteiger partial charge in [-0.1, -0.05) is 22.9 Å². The van der Waals surface area contributed by atoms with Gasteiger partial charge in [-0.05, 0) is 18.6 Å². The van der Waals surface area contributed by atoms with Crippen LogP contribution in [-0.2, 0) is 4.79 Å². The third-order valence-corrected chi connectivity index (χ3v) is 3.55. The topological polar surface area (TPSA) is 66.4 Å². The molecule has 5 nitrogen and oxygen atoms in total. The standard InChI is InChI=1S/C11H12BrN3O2/c1-2-7(12)10(16)14-9-4-3-8-11(17)13-5-6-15(8)9/h3-7H,2H2,1H3,(H,13,17)(H,14,16)/t7-/m1/s1. The molecule has 0 saturated carbocycles. The monoisotopic (exact) mass is 297 g/mol. The second-order valence-corrected chi connectivity index (χ2v) is 4.73. The minimum Gasteiger partial charge on any atom is -0.326 e. The summed E-state index contributed by atoms with van der Waals surface area (Å²) in [4.78, 5) is 25.5. The molecular weight excluding hydrogens is 286 g/mol. The maximum atomic E-state index is 11.7. The zero-order valence-electron chi connectivity index (χ0n) is 9.24. The van der Waals surface area contributed by atoms with Gasteiger partial charge in [0.1, 0.15) is 11.3 Å². The number of fused-ring (bicyclic) bond motifs is 1. The van der Waals surface area contributed by atoms with E-state index >= 15 is 0 Å². The van der Waals surface area contributed by atoms with Crippen molar-refractivity contribution in [1.82, 2.24) is 9.38 Å². The Morgan fingerprint density at radius 3 is 3.06 bits per heavy atom. The fraction of sp³-hybridized carbons (Fsp3) is 0.273. The average molecular weight is 298 g/mol. The lowest BCUT2D eigenvalue weighted by Gasteiger charge is -2.08. The van der Waals surface area contributed by atoms with Crippen molar-refractivity contribution in [3.05, 3.63) is 34.9 Å². The lowest BCUT2D eigenvalue weighted by molar-refractivity contribution is -0.115. The van der Waals surface area contributed by atoms with Gasteiger partial charge in [0.25, 0.3) is 5.56 Å². The van der Waals surface area contributed by atoms with E-state index in [0.29, 0.717) is 17.8 Å². The molecule has 6 heteroatoms. The van der Waals surface area contributed by atoms with Crippen molar-refractivity contribution < 1.29 is 4.79 Å². The predicted molar refractivity (Wildman–Crippen MR) is 69.7 cm³/mol. The average Bonchev–Trinajstić information content (AvgIpc) is 2.73. The van der Waals surface area contributed by atoms with E-state index in [4.69, 9.17) is 0 Å². The molecule has 0 spiro atoms. The molecule has 0 aliphatic carbocycles. The van der Waals surface area contributed by atoms with Crippen LogP contribution in [-0.4, -0.2) is 20.1 Å². The molecule has 2 N–H and O–H groups in total. The fourth-order valence-corrected chi connectivity index (χ4v) is 1.66. The molecule has 0 aromatic carbocycles. The number of carbonyl (C=O) groups excluding carboxylic acids is 1. The molecule has 0 aliphatic heterocycles. The summed E-state index contributed by atoms with van der Waals surface area (Å²) >= 11 is 3.28. The highest BCUT2D eigenvalue weighted by atomic mass is 79.9. The molecular formula is C11H12BrN3O2. The van der Waals surface area contributed by atoms with Crippen molar-refractivity contribution in [3.63, 3.8) is 0 Å². The lowest BCUT2D eigenvalue weighted by atomic mass is 10.3. The molecule has 2 heterocycles. The summed E-state index contributed by atoms with van der Waals surface area (Å²) in [7, 11) is 0. The van der Waals surface area contributed by atoms with Gasteiger partial charge in [0.2, 0.25) is 5.91 Å². The first-order chi connectivity index (χ1) is 8.13. The molecule has 0 unspecified atom stereocenters. The van der Waals surface area contributed by atoms with Gasteiger partial charge in [0.15, 0.2) is 0 Å². The van der Waals surface area contributed by atoms with Gasteiger partial charge in [-0.15, -0.1) is 0 Å². The summed E-state index contributed by atoms with van der Waals surface area (Å²) in [6, 6.07) is 3.38. The molecule has 0 radical (unpaired) electrons. The van der Waals surface area contributed by atoms with E-state index in [0.717, 1.165) is 0 Å². The van der Waals surface area contributed by atoms with E-state index in [1.807, 2.05) is 6.92 Å². The number of hydrogen-bond donors (Lipinski definition) is 2. The van der Waals surface area contributed by atoms with Gasteiger partial charge < -0.3 is 10.3 Å². The number of H-pyrrole nitrogens is 1. The van der Waals surface area contributed by atoms with E-state index in [1.165, 1.54) is 6.20 Å². The van der Waals surface area contributed by atoms with Gasteiger partial charge in [0, 0.05) is 12.4 Å². The number of nitrogens with zero attached hydrogens (tertiary/aromatic N) is 1. The van der Waals surface area contributed by atoms with E-state index in [-0.39, 0.29) is 16.3 Å². The smallest absolute Gasteiger partial charge is 0.272 e. The molecule has 0 saturated heterocycles. The number of rotatable bonds is 3. The minimum atomic E-state index is -0.227. The first-order valence-corrected chi connectivity index (χ1v) is 6.18. The zero-order chi connectivity index (χ0) is 12.4. The summed E-state index contributed by atoms with van der Waals surface area (Å²) in [5.74, 6) is 0.474. The maximum Gasteiger partial charge on any atom is 0.272 e. The Morgan fingerprint density at radius 2 is 2.35 bits per heavy atom. The highest BCUT2D eigenvalue weighted by Gasteiger charge is 2.14. The van der Waals surface area contributed by atoms with Crippen molar-refractivity contribution in [2.45, 2.75) is 18.2 Å². The van der Waals surface area contributed by atoms with Gasteiger partial charge in [-0.3, -0.25) is 14.0 Å². The SMILES string of the molecule is CC[C@@H](Br)C(=O)Nc1ccc2c(=O)[nH]ccn12. The fourth-order valence-electron chi connectivity index (χ4n) is 1.55. The van der Waals surface area contributed by atoms with Crippen molar-refractivity contribution in [3.8, 4) is 0 Å². The Labute approximate surface area is 106 Å². The predicted octanol–water partition coefficient (Wildman–Crippen LogP) is 1.74. The Hall–Kier alpha value is -1.56. The Kier molecular flexibility index (Phi) is 3.33. The van der Waals surface area contributed by atoms with Crippen molar-refractivity contribution in [2.75, 3.05) is 5.32 Å². The summed E-state index contributed by atoms with van der Waals surface area (Å²) in [6.45, 7) is 1.92. The summed E-state index contributed by atoms with van der Waals surface area (Å²) in [6.07, 6.45) is 3.94. The zero-order valence-corrected chi connectivity index (χ0v) is 10.8. The van der Waals surface area contributed by atoms with E-state index in [1.54, 1.807) is 22.7 Å². The molecule has 0 fully saturated rings. The highest BCUT2D eigenvalue weighted by molar-refractivity contribution is 9.10. The van der Waals surface area contributed by atoms with Crippen LogP contribution in [0, 0.1) is 0 Å². The van der Waals surface area contributed by atoms with Crippen molar-refractivity contribution in [2.24, 2.45) is 0 Å². The minimum absolute atomic E-state index is 0.118. The number of amides is 1. The Bertz CT molecular complexity index is 602. The number of aromatic nitrogens is 2. The molecule has 2 rings (SSSR count). The van der Waals surface area contributed by atoms with Crippen LogP contribution >= 0.6 is 15.9 Å². The number of anilines is 1. The highest BCUT2D eigenvalue weighted by Crippen LogP contribution is 2.14. The van der Waals surface area contributed by atoms with Gasteiger partial charge in [-0.25, -0.2) is 0 Å². The number of aromatic amines is 1. The number of halogens is 1. The third kappa shape index (κ3) is 2.26. The number of nitrogens with one attached hydrogen (secondary N) is 2. The first kappa shape index (κ1) is 11.9. The number of hydrogen-bond acceptors (Lipinski definition) is 2. The molecule has 1 amide bonds. The van der Waals surface area contributed by atoms with Crippen molar-refractivity contribution >= 4 is 33.2 Å². The maximum absolute atomic E-state index is 11.7. The Morgan fingerprint density at radius 1 is 1.59 bits per heavy atom. The van der Waals surface area contributed by atoms with E-state index in [9.17, 15) is 9.59 Å². The van der Waals surface area contributed by atoms with Crippen LogP contribution in [0.4, 0.5) is 5.82 Å².